The Morgan fingerprint density at radius 2 is 0.657 bits per heavy atom. The Morgan fingerprint density at radius 3 is 1.27 bits per heavy atom. The fourth-order valence-electron chi connectivity index (χ4n) is 11.3. The smallest absolute Gasteiger partial charge is 0.143 e. The van der Waals surface area contributed by atoms with Gasteiger partial charge in [-0.1, -0.05) is 176 Å². The highest BCUT2D eigenvalue weighted by Gasteiger charge is 2.20. The van der Waals surface area contributed by atoms with E-state index in [-0.39, 0.29) is 0 Å². The van der Waals surface area contributed by atoms with E-state index in [0.29, 0.717) is 0 Å². The van der Waals surface area contributed by atoms with E-state index in [4.69, 9.17) is 8.83 Å². The van der Waals surface area contributed by atoms with Gasteiger partial charge in [0.05, 0.1) is 22.1 Å². The van der Waals surface area contributed by atoms with Crippen molar-refractivity contribution in [3.8, 4) is 55.9 Å². The normalized spacial score (nSPS) is 12.0. The second-order valence-corrected chi connectivity index (χ2v) is 18.4. The molecule has 0 fully saturated rings. The van der Waals surface area contributed by atoms with Crippen molar-refractivity contribution in [3.63, 3.8) is 0 Å². The summed E-state index contributed by atoms with van der Waals surface area (Å²) < 4.78 is 17.7. The zero-order valence-corrected chi connectivity index (χ0v) is 37.8. The van der Waals surface area contributed by atoms with E-state index in [1.807, 2.05) is 24.3 Å². The van der Waals surface area contributed by atoms with E-state index in [0.717, 1.165) is 83.1 Å². The van der Waals surface area contributed by atoms with Crippen molar-refractivity contribution >= 4 is 87.5 Å². The first-order chi connectivity index (χ1) is 34.7. The number of rotatable bonds is 6. The van der Waals surface area contributed by atoms with Crippen LogP contribution < -0.4 is 0 Å². The summed E-state index contributed by atoms with van der Waals surface area (Å²) in [6.07, 6.45) is 0. The summed E-state index contributed by atoms with van der Waals surface area (Å²) in [5, 5.41) is 9.43. The highest BCUT2D eigenvalue weighted by Crippen LogP contribution is 2.43. The minimum Gasteiger partial charge on any atom is -0.455 e. The van der Waals surface area contributed by atoms with Crippen LogP contribution >= 0.6 is 0 Å². The van der Waals surface area contributed by atoms with E-state index in [1.54, 1.807) is 0 Å². The van der Waals surface area contributed by atoms with Crippen LogP contribution in [0.3, 0.4) is 0 Å². The summed E-state index contributed by atoms with van der Waals surface area (Å²) in [5.41, 5.74) is 19.7. The molecule has 0 bridgehead atoms. The van der Waals surface area contributed by atoms with Crippen molar-refractivity contribution in [3.05, 3.63) is 243 Å². The van der Waals surface area contributed by atoms with Gasteiger partial charge >= 0.3 is 0 Å². The van der Waals surface area contributed by atoms with Gasteiger partial charge in [0.25, 0.3) is 0 Å². The Labute approximate surface area is 402 Å². The molecule has 4 nitrogen and oxygen atoms in total. The maximum absolute atomic E-state index is 6.44. The Balaban J connectivity index is 0.834. The molecule has 4 heteroatoms. The Kier molecular flexibility index (Phi) is 8.33. The molecule has 0 aliphatic carbocycles. The molecule has 0 N–H and O–H groups in total. The van der Waals surface area contributed by atoms with E-state index in [1.165, 1.54) is 60.3 Å². The maximum Gasteiger partial charge on any atom is 0.143 e. The number of aromatic nitrogens is 2. The van der Waals surface area contributed by atoms with E-state index >= 15 is 0 Å². The average molecular weight is 893 g/mol. The number of hydrogen-bond donors (Lipinski definition) is 0. The van der Waals surface area contributed by atoms with Gasteiger partial charge in [0.2, 0.25) is 0 Å². The first-order valence-electron chi connectivity index (χ1n) is 23.9. The molecule has 4 heterocycles. The number of para-hydroxylation sites is 7. The molecular weight excluding hydrogens is 853 g/mol. The highest BCUT2D eigenvalue weighted by molar-refractivity contribution is 6.16. The van der Waals surface area contributed by atoms with Crippen LogP contribution in [0.5, 0.6) is 0 Å². The number of nitrogens with zero attached hydrogens (tertiary/aromatic N) is 2. The standard InChI is InChI=1S/C66H40N2O2/c1-2-13-46(14-3-1)68-61-38-34-45(40-58(61)54-21-10-18-48(64(54)68)41-27-29-42(30-28-41)49-19-11-22-55-52-16-5-8-25-62(52)69-65(49)55)44-33-37-60-57(39-44)51-15-4-7-24-59(51)67(60)47-35-31-43(32-36-47)50-20-12-23-56-53-17-6-9-26-63(53)70-66(50)56/h1-40H. The molecule has 15 rings (SSSR count). The maximum atomic E-state index is 6.44. The van der Waals surface area contributed by atoms with Gasteiger partial charge in [-0.2, -0.15) is 0 Å². The molecule has 0 saturated heterocycles. The molecule has 70 heavy (non-hydrogen) atoms. The Hall–Kier alpha value is -9.38. The summed E-state index contributed by atoms with van der Waals surface area (Å²) in [5.74, 6) is 0. The molecule has 0 unspecified atom stereocenters. The lowest BCUT2D eigenvalue weighted by Gasteiger charge is -2.12. The SMILES string of the molecule is c1ccc(-n2c3ccc(-c4ccc5c(c4)c4ccccc4n5-c4ccc(-c5cccc6c5oc5ccccc56)cc4)cc3c3cccc(-c4ccc(-c5cccc6c5oc5ccccc56)cc4)c32)cc1. The Morgan fingerprint density at radius 1 is 0.243 bits per heavy atom. The van der Waals surface area contributed by atoms with Gasteiger partial charge < -0.3 is 18.0 Å². The molecule has 4 aromatic heterocycles. The van der Waals surface area contributed by atoms with Crippen LogP contribution in [0.1, 0.15) is 0 Å². The lowest BCUT2D eigenvalue weighted by atomic mass is 9.97. The summed E-state index contributed by atoms with van der Waals surface area (Å²) in [4.78, 5) is 0. The largest absolute Gasteiger partial charge is 0.455 e. The van der Waals surface area contributed by atoms with Gasteiger partial charge in [-0.15, -0.1) is 0 Å². The topological polar surface area (TPSA) is 36.1 Å². The zero-order chi connectivity index (χ0) is 45.9. The number of furan rings is 2. The quantitative estimate of drug-likeness (QED) is 0.167. The van der Waals surface area contributed by atoms with Crippen molar-refractivity contribution in [2.24, 2.45) is 0 Å². The van der Waals surface area contributed by atoms with Crippen LogP contribution in [-0.4, -0.2) is 9.13 Å². The first-order valence-corrected chi connectivity index (χ1v) is 23.9. The molecule has 326 valence electrons. The fourth-order valence-corrected chi connectivity index (χ4v) is 11.3. The molecule has 11 aromatic carbocycles. The summed E-state index contributed by atoms with van der Waals surface area (Å²) in [6.45, 7) is 0. The molecule has 0 aliphatic rings. The van der Waals surface area contributed by atoms with Crippen molar-refractivity contribution in [2.45, 2.75) is 0 Å². The van der Waals surface area contributed by atoms with E-state index < -0.39 is 0 Å². The Bertz CT molecular complexity index is 4570. The molecule has 0 radical (unpaired) electrons. The summed E-state index contributed by atoms with van der Waals surface area (Å²) in [6, 6.07) is 87.5. The zero-order valence-electron chi connectivity index (χ0n) is 37.8. The van der Waals surface area contributed by atoms with Gasteiger partial charge in [-0.05, 0) is 94.5 Å². The van der Waals surface area contributed by atoms with E-state index in [9.17, 15) is 0 Å². The van der Waals surface area contributed by atoms with Crippen LogP contribution in [0, 0.1) is 0 Å². The highest BCUT2D eigenvalue weighted by atomic mass is 16.3. The predicted octanol–water partition coefficient (Wildman–Crippen LogP) is 18.3. The third kappa shape index (κ3) is 5.77. The minimum absolute atomic E-state index is 0.908. The van der Waals surface area contributed by atoms with Crippen molar-refractivity contribution in [1.82, 2.24) is 9.13 Å². The van der Waals surface area contributed by atoms with Crippen LogP contribution in [-0.2, 0) is 0 Å². The fraction of sp³-hybridized carbons (Fsp3) is 0. The molecule has 0 spiro atoms. The first kappa shape index (κ1) is 38.7. The number of fused-ring (bicyclic) bond motifs is 12. The van der Waals surface area contributed by atoms with Crippen molar-refractivity contribution in [1.29, 1.82) is 0 Å². The van der Waals surface area contributed by atoms with Gasteiger partial charge in [-0.25, -0.2) is 0 Å². The lowest BCUT2D eigenvalue weighted by Crippen LogP contribution is -1.95. The molecule has 0 amide bonds. The molecule has 0 aliphatic heterocycles. The van der Waals surface area contributed by atoms with Gasteiger partial charge in [0.15, 0.2) is 0 Å². The van der Waals surface area contributed by atoms with Crippen LogP contribution in [0.4, 0.5) is 0 Å². The molecule has 0 atom stereocenters. The monoisotopic (exact) mass is 892 g/mol. The van der Waals surface area contributed by atoms with Crippen molar-refractivity contribution < 1.29 is 8.83 Å². The number of benzene rings is 11. The third-order valence-corrected chi connectivity index (χ3v) is 14.6. The number of hydrogen-bond acceptors (Lipinski definition) is 2. The van der Waals surface area contributed by atoms with Crippen LogP contribution in [0.15, 0.2) is 251 Å². The van der Waals surface area contributed by atoms with Gasteiger partial charge in [-0.3, -0.25) is 0 Å². The van der Waals surface area contributed by atoms with Crippen LogP contribution in [0.25, 0.3) is 143 Å². The second kappa shape index (κ2) is 15.1. The van der Waals surface area contributed by atoms with Crippen molar-refractivity contribution in [2.75, 3.05) is 0 Å². The summed E-state index contributed by atoms with van der Waals surface area (Å²) >= 11 is 0. The lowest BCUT2D eigenvalue weighted by molar-refractivity contribution is 0.669. The second-order valence-electron chi connectivity index (χ2n) is 18.4. The third-order valence-electron chi connectivity index (χ3n) is 14.6. The predicted molar refractivity (Wildman–Crippen MR) is 291 cm³/mol. The van der Waals surface area contributed by atoms with Gasteiger partial charge in [0.1, 0.15) is 22.3 Å². The average Bonchev–Trinajstić information content (AvgIpc) is 4.19. The van der Waals surface area contributed by atoms with Crippen LogP contribution in [0.2, 0.25) is 0 Å². The molecule has 0 saturated carbocycles. The molecule has 15 aromatic rings. The molecular formula is C66H40N2O2. The summed E-state index contributed by atoms with van der Waals surface area (Å²) in [7, 11) is 0. The van der Waals surface area contributed by atoms with Gasteiger partial charge in [0, 0.05) is 71.2 Å². The van der Waals surface area contributed by atoms with E-state index in [2.05, 4.69) is 228 Å². The minimum atomic E-state index is 0.908.